The number of ether oxygens (including phenoxy) is 2. The molecular weight excluding hydrogens is 202 g/mol. The summed E-state index contributed by atoms with van der Waals surface area (Å²) in [6.07, 6.45) is -0.874. The Morgan fingerprint density at radius 2 is 2.00 bits per heavy atom. The van der Waals surface area contributed by atoms with E-state index in [1.165, 1.54) is 0 Å². The highest BCUT2D eigenvalue weighted by Crippen LogP contribution is 2.01. The standard InChI is InChI=1S/C4H5Cl3O3/c5-2-10-4(8)9-1-3(6)7/h3H,1-2H2. The van der Waals surface area contributed by atoms with Crippen molar-refractivity contribution in [3.63, 3.8) is 0 Å². The Labute approximate surface area is 73.1 Å². The zero-order valence-electron chi connectivity index (χ0n) is 4.85. The lowest BCUT2D eigenvalue weighted by molar-refractivity contribution is 0.0709. The summed E-state index contributed by atoms with van der Waals surface area (Å²) in [5.41, 5.74) is 0. The molecule has 0 heterocycles. The monoisotopic (exact) mass is 206 g/mol. The minimum atomic E-state index is -0.874. The Bertz CT molecular complexity index is 106. The van der Waals surface area contributed by atoms with Crippen LogP contribution in [-0.4, -0.2) is 23.7 Å². The Hall–Kier alpha value is 0.140. The van der Waals surface area contributed by atoms with Gasteiger partial charge in [-0.25, -0.2) is 4.79 Å². The number of hydrogen-bond donors (Lipinski definition) is 0. The van der Waals surface area contributed by atoms with Crippen LogP contribution in [0.25, 0.3) is 0 Å². The highest BCUT2D eigenvalue weighted by atomic mass is 35.5. The minimum Gasteiger partial charge on any atom is -0.431 e. The number of rotatable bonds is 3. The molecule has 0 atom stereocenters. The van der Waals surface area contributed by atoms with Gasteiger partial charge in [0.15, 0.2) is 6.07 Å². The maximum Gasteiger partial charge on any atom is 0.509 e. The lowest BCUT2D eigenvalue weighted by atomic mass is 10.8. The van der Waals surface area contributed by atoms with Gasteiger partial charge in [-0.15, -0.1) is 23.2 Å². The van der Waals surface area contributed by atoms with Gasteiger partial charge in [0.05, 0.1) is 0 Å². The third kappa shape index (κ3) is 6.26. The van der Waals surface area contributed by atoms with E-state index in [2.05, 4.69) is 9.47 Å². The van der Waals surface area contributed by atoms with Crippen LogP contribution in [0.15, 0.2) is 0 Å². The average Bonchev–Trinajstić information content (AvgIpc) is 1.85. The number of hydrogen-bond acceptors (Lipinski definition) is 3. The van der Waals surface area contributed by atoms with Gasteiger partial charge in [-0.1, -0.05) is 11.6 Å². The van der Waals surface area contributed by atoms with Crippen molar-refractivity contribution in [3.05, 3.63) is 0 Å². The molecule has 10 heavy (non-hydrogen) atoms. The van der Waals surface area contributed by atoms with Crippen LogP contribution in [0.5, 0.6) is 0 Å². The fraction of sp³-hybridized carbons (Fsp3) is 0.750. The van der Waals surface area contributed by atoms with Gasteiger partial charge in [-0.2, -0.15) is 0 Å². The molecule has 0 aromatic rings. The summed E-state index contributed by atoms with van der Waals surface area (Å²) in [4.78, 5) is 9.57. The highest BCUT2D eigenvalue weighted by molar-refractivity contribution is 6.44. The van der Waals surface area contributed by atoms with Gasteiger partial charge in [-0.3, -0.25) is 0 Å². The van der Waals surface area contributed by atoms with E-state index in [4.69, 9.17) is 34.8 Å². The van der Waals surface area contributed by atoms with Crippen LogP contribution >= 0.6 is 34.8 Å². The number of halogens is 3. The van der Waals surface area contributed by atoms with Crippen molar-refractivity contribution in [1.82, 2.24) is 0 Å². The number of carbonyl (C=O) groups is 1. The second-order valence-corrected chi connectivity index (χ2v) is 2.70. The first kappa shape index (κ1) is 10.1. The van der Waals surface area contributed by atoms with Crippen LogP contribution in [0.1, 0.15) is 0 Å². The van der Waals surface area contributed by atoms with Crippen LogP contribution in [-0.2, 0) is 9.47 Å². The van der Waals surface area contributed by atoms with Crippen LogP contribution in [0.3, 0.4) is 0 Å². The fourth-order valence-electron chi connectivity index (χ4n) is 0.217. The predicted octanol–water partition coefficient (Wildman–Crippen LogP) is 2.14. The number of carbonyl (C=O) groups excluding carboxylic acids is 1. The smallest absolute Gasteiger partial charge is 0.431 e. The Morgan fingerprint density at radius 1 is 1.40 bits per heavy atom. The van der Waals surface area contributed by atoms with Crippen molar-refractivity contribution in [1.29, 1.82) is 0 Å². The number of alkyl halides is 3. The average molecular weight is 207 g/mol. The normalized spacial score (nSPS) is 9.60. The Morgan fingerprint density at radius 3 is 2.40 bits per heavy atom. The molecule has 0 fully saturated rings. The highest BCUT2D eigenvalue weighted by Gasteiger charge is 2.05. The van der Waals surface area contributed by atoms with Crippen molar-refractivity contribution in [2.75, 3.05) is 12.7 Å². The topological polar surface area (TPSA) is 35.5 Å². The van der Waals surface area contributed by atoms with Gasteiger partial charge >= 0.3 is 6.16 Å². The van der Waals surface area contributed by atoms with Gasteiger partial charge in [0.25, 0.3) is 0 Å². The molecular formula is C4H5Cl3O3. The second-order valence-electron chi connectivity index (χ2n) is 1.21. The van der Waals surface area contributed by atoms with Gasteiger partial charge < -0.3 is 9.47 Å². The molecule has 0 aliphatic rings. The first-order valence-corrected chi connectivity index (χ1v) is 3.71. The third-order valence-corrected chi connectivity index (χ3v) is 0.861. The van der Waals surface area contributed by atoms with Crippen molar-refractivity contribution in [2.24, 2.45) is 0 Å². The molecule has 0 saturated carbocycles. The van der Waals surface area contributed by atoms with E-state index in [0.717, 1.165) is 0 Å². The molecule has 0 unspecified atom stereocenters. The van der Waals surface area contributed by atoms with E-state index in [1.54, 1.807) is 0 Å². The zero-order chi connectivity index (χ0) is 7.98. The molecule has 0 N–H and O–H groups in total. The lowest BCUT2D eigenvalue weighted by Crippen LogP contribution is -2.10. The molecule has 0 aromatic carbocycles. The maximum absolute atomic E-state index is 10.3. The minimum absolute atomic E-state index is 0.0984. The van der Waals surface area contributed by atoms with Gasteiger partial charge in [0, 0.05) is 0 Å². The second kappa shape index (κ2) is 5.89. The fourth-order valence-corrected chi connectivity index (χ4v) is 0.432. The summed E-state index contributed by atoms with van der Waals surface area (Å²) in [5, 5.41) is 0. The van der Waals surface area contributed by atoms with E-state index in [9.17, 15) is 4.79 Å². The molecule has 0 aromatic heterocycles. The van der Waals surface area contributed by atoms with Crippen LogP contribution in [0, 0.1) is 0 Å². The van der Waals surface area contributed by atoms with E-state index >= 15 is 0 Å². The first-order chi connectivity index (χ1) is 4.66. The molecule has 0 aliphatic heterocycles. The first-order valence-electron chi connectivity index (χ1n) is 2.30. The van der Waals surface area contributed by atoms with Crippen LogP contribution < -0.4 is 0 Å². The van der Waals surface area contributed by atoms with Gasteiger partial charge in [0.2, 0.25) is 0 Å². The molecule has 0 amide bonds. The van der Waals surface area contributed by atoms with Crippen molar-refractivity contribution >= 4 is 41.0 Å². The summed E-state index contributed by atoms with van der Waals surface area (Å²) in [6.45, 7) is -0.0984. The summed E-state index contributed by atoms with van der Waals surface area (Å²) in [7, 11) is 0. The SMILES string of the molecule is O=C(OCCl)OCC(Cl)Cl. The van der Waals surface area contributed by atoms with Crippen LogP contribution in [0.4, 0.5) is 4.79 Å². The third-order valence-electron chi connectivity index (χ3n) is 0.500. The lowest BCUT2D eigenvalue weighted by Gasteiger charge is -2.02. The summed E-state index contributed by atoms with van der Waals surface area (Å²) < 4.78 is 8.51. The molecule has 0 bridgehead atoms. The molecule has 0 rings (SSSR count). The predicted molar refractivity (Wildman–Crippen MR) is 38.6 cm³/mol. The Balaban J connectivity index is 3.22. The van der Waals surface area contributed by atoms with E-state index in [1.807, 2.05) is 0 Å². The Kier molecular flexibility index (Phi) is 5.97. The maximum atomic E-state index is 10.3. The molecule has 0 spiro atoms. The molecule has 6 heteroatoms. The summed E-state index contributed by atoms with van der Waals surface area (Å²) in [5.74, 6) is 0. The van der Waals surface area contributed by atoms with Crippen molar-refractivity contribution in [3.8, 4) is 0 Å². The molecule has 0 radical (unpaired) electrons. The molecule has 0 aliphatic carbocycles. The molecule has 0 saturated heterocycles. The molecule has 60 valence electrons. The van der Waals surface area contributed by atoms with Crippen molar-refractivity contribution in [2.45, 2.75) is 4.84 Å². The van der Waals surface area contributed by atoms with Gasteiger partial charge in [0.1, 0.15) is 11.4 Å². The largest absolute Gasteiger partial charge is 0.509 e. The van der Waals surface area contributed by atoms with E-state index in [-0.39, 0.29) is 12.7 Å². The van der Waals surface area contributed by atoms with Crippen molar-refractivity contribution < 1.29 is 14.3 Å². The molecule has 3 nitrogen and oxygen atoms in total. The van der Waals surface area contributed by atoms with Crippen LogP contribution in [0.2, 0.25) is 0 Å². The quantitative estimate of drug-likeness (QED) is 0.525. The van der Waals surface area contributed by atoms with Gasteiger partial charge in [-0.05, 0) is 0 Å². The van der Waals surface area contributed by atoms with E-state index < -0.39 is 11.0 Å². The summed E-state index contributed by atoms with van der Waals surface area (Å²) in [6, 6.07) is -0.242. The van der Waals surface area contributed by atoms with E-state index in [0.29, 0.717) is 0 Å². The zero-order valence-corrected chi connectivity index (χ0v) is 7.12. The summed E-state index contributed by atoms with van der Waals surface area (Å²) >= 11 is 15.5.